The Morgan fingerprint density at radius 2 is 2.07 bits per heavy atom. The number of carbonyl (C=O) groups excluding carboxylic acids is 1. The number of furan rings is 1. The summed E-state index contributed by atoms with van der Waals surface area (Å²) in [5.74, 6) is 0.650. The van der Waals surface area contributed by atoms with Crippen molar-refractivity contribution in [2.45, 2.75) is 69.5 Å². The zero-order chi connectivity index (χ0) is 21.5. The number of carbonyl (C=O) groups is 1. The summed E-state index contributed by atoms with van der Waals surface area (Å²) in [6, 6.07) is 4.91. The number of aryl methyl sites for hydroxylation is 1. The molecule has 1 saturated carbocycles. The van der Waals surface area contributed by atoms with Crippen molar-refractivity contribution in [3.05, 3.63) is 46.7 Å². The third-order valence-corrected chi connectivity index (χ3v) is 7.40. The van der Waals surface area contributed by atoms with Crippen LogP contribution < -0.4 is 10.0 Å². The fraction of sp³-hybridized carbons (Fsp3) is 0.500. The fourth-order valence-corrected chi connectivity index (χ4v) is 5.05. The minimum atomic E-state index is -3.70. The second-order valence-corrected chi connectivity index (χ2v) is 10.6. The highest BCUT2D eigenvalue weighted by Crippen LogP contribution is 2.37. The maximum absolute atomic E-state index is 12.8. The summed E-state index contributed by atoms with van der Waals surface area (Å²) in [5.41, 5.74) is 3.51. The summed E-state index contributed by atoms with van der Waals surface area (Å²) in [6.45, 7) is 3.13. The second-order valence-electron chi connectivity index (χ2n) is 8.92. The lowest BCUT2D eigenvalue weighted by atomic mass is 9.80. The monoisotopic (exact) mass is 431 g/mol. The Hall–Kier alpha value is -2.32. The van der Waals surface area contributed by atoms with Crippen LogP contribution in [-0.4, -0.2) is 15.3 Å². The smallest absolute Gasteiger partial charge is 0.332 e. The quantitative estimate of drug-likeness (QED) is 0.540. The second kappa shape index (κ2) is 7.74. The average Bonchev–Trinajstić information content (AvgIpc) is 3.28. The van der Waals surface area contributed by atoms with Crippen LogP contribution in [0.4, 0.5) is 10.5 Å². The summed E-state index contributed by atoms with van der Waals surface area (Å²) in [5, 5.41) is 12.7. The first-order valence-electron chi connectivity index (χ1n) is 10.5. The molecule has 1 heterocycles. The number of benzene rings is 1. The summed E-state index contributed by atoms with van der Waals surface area (Å²) in [6.07, 6.45) is 8.82. The molecule has 4 rings (SSSR count). The zero-order valence-corrected chi connectivity index (χ0v) is 18.2. The average molecular weight is 432 g/mol. The van der Waals surface area contributed by atoms with Gasteiger partial charge in [-0.25, -0.2) is 18.5 Å². The van der Waals surface area contributed by atoms with Crippen molar-refractivity contribution < 1.29 is 18.5 Å². The van der Waals surface area contributed by atoms with Crippen molar-refractivity contribution in [2.24, 2.45) is 5.92 Å². The van der Waals surface area contributed by atoms with E-state index in [2.05, 4.69) is 22.2 Å². The van der Waals surface area contributed by atoms with E-state index in [1.807, 2.05) is 0 Å². The van der Waals surface area contributed by atoms with Gasteiger partial charge in [-0.1, -0.05) is 31.4 Å². The molecule has 0 radical (unpaired) electrons. The van der Waals surface area contributed by atoms with Crippen LogP contribution in [0.1, 0.15) is 61.8 Å². The number of hydrogen-bond acceptors (Lipinski definition) is 5. The van der Waals surface area contributed by atoms with Crippen LogP contribution in [-0.2, 0) is 34.8 Å². The predicted molar refractivity (Wildman–Crippen MR) is 115 cm³/mol. The first kappa shape index (κ1) is 20.9. The summed E-state index contributed by atoms with van der Waals surface area (Å²) in [7, 11) is -3.70. The summed E-state index contributed by atoms with van der Waals surface area (Å²) in [4.78, 5) is 12.7. The molecule has 0 aliphatic heterocycles. The van der Waals surface area contributed by atoms with Crippen molar-refractivity contribution in [3.63, 3.8) is 0 Å². The van der Waals surface area contributed by atoms with Gasteiger partial charge in [0.05, 0.1) is 11.9 Å². The molecular weight excluding hydrogens is 402 g/mol. The van der Waals surface area contributed by atoms with Gasteiger partial charge in [0.1, 0.15) is 0 Å². The Balaban J connectivity index is 1.53. The molecule has 1 aromatic carbocycles. The summed E-state index contributed by atoms with van der Waals surface area (Å²) < 4.78 is 28.4. The number of amides is 2. The summed E-state index contributed by atoms with van der Waals surface area (Å²) >= 11 is 0. The van der Waals surface area contributed by atoms with Crippen LogP contribution in [0, 0.1) is 10.7 Å². The molecular formula is C22H29N3O4S. The maximum Gasteiger partial charge on any atom is 0.332 e. The number of aliphatic hydroxyl groups is 1. The van der Waals surface area contributed by atoms with Crippen LogP contribution in [0.2, 0.25) is 0 Å². The molecule has 2 amide bonds. The number of hydrogen-bond donors (Lipinski definition) is 4. The van der Waals surface area contributed by atoms with Gasteiger partial charge in [-0.2, -0.15) is 0 Å². The fourth-order valence-electron chi connectivity index (χ4n) is 4.16. The molecule has 1 unspecified atom stereocenters. The van der Waals surface area contributed by atoms with Crippen LogP contribution in [0.5, 0.6) is 0 Å². The molecule has 2 aliphatic carbocycles. The SMILES string of the molecule is CC(C)(O)c1coc(S(=N)(=O)NC(=O)Nc2c(CC3CCC3)ccc3c2CCC3)c1. The lowest BCUT2D eigenvalue weighted by Gasteiger charge is -2.27. The van der Waals surface area contributed by atoms with Crippen LogP contribution in [0.25, 0.3) is 0 Å². The molecule has 162 valence electrons. The number of urea groups is 1. The number of fused-ring (bicyclic) bond motifs is 1. The normalized spacial score (nSPS) is 18.4. The molecule has 2 aliphatic rings. The van der Waals surface area contributed by atoms with Gasteiger partial charge in [0.25, 0.3) is 0 Å². The molecule has 0 spiro atoms. The van der Waals surface area contributed by atoms with Crippen LogP contribution in [0.15, 0.2) is 34.0 Å². The van der Waals surface area contributed by atoms with E-state index in [4.69, 9.17) is 9.20 Å². The van der Waals surface area contributed by atoms with Crippen molar-refractivity contribution in [2.75, 3.05) is 5.32 Å². The lowest BCUT2D eigenvalue weighted by molar-refractivity contribution is 0.0779. The van der Waals surface area contributed by atoms with Gasteiger partial charge < -0.3 is 14.8 Å². The highest BCUT2D eigenvalue weighted by Gasteiger charge is 2.26. The van der Waals surface area contributed by atoms with E-state index < -0.39 is 21.5 Å². The standard InChI is InChI=1S/C22H29N3O4S/c1-22(2,27)17-12-19(29-13-17)30(23,28)25-21(26)24-20-16(11-14-5-3-6-14)10-9-15-7-4-8-18(15)20/h9-10,12-14,27H,3-8,11H2,1-2H3,(H3,23,24,25,26,28). The molecule has 0 saturated heterocycles. The minimum absolute atomic E-state index is 0.192. The van der Waals surface area contributed by atoms with Gasteiger partial charge in [-0.05, 0) is 62.1 Å². The van der Waals surface area contributed by atoms with E-state index in [-0.39, 0.29) is 5.09 Å². The third kappa shape index (κ3) is 4.25. The topological polar surface area (TPSA) is 115 Å². The van der Waals surface area contributed by atoms with Gasteiger partial charge in [0.15, 0.2) is 9.92 Å². The van der Waals surface area contributed by atoms with E-state index in [1.54, 1.807) is 13.8 Å². The van der Waals surface area contributed by atoms with E-state index in [0.717, 1.165) is 42.5 Å². The Morgan fingerprint density at radius 3 is 2.70 bits per heavy atom. The number of rotatable bonds is 6. The van der Waals surface area contributed by atoms with Crippen molar-refractivity contribution in [1.82, 2.24) is 4.72 Å². The first-order chi connectivity index (χ1) is 14.1. The van der Waals surface area contributed by atoms with E-state index in [9.17, 15) is 14.1 Å². The van der Waals surface area contributed by atoms with E-state index in [1.165, 1.54) is 37.2 Å². The molecule has 1 fully saturated rings. The van der Waals surface area contributed by atoms with Gasteiger partial charge in [0.2, 0.25) is 5.09 Å². The van der Waals surface area contributed by atoms with Gasteiger partial charge in [-0.15, -0.1) is 0 Å². The van der Waals surface area contributed by atoms with Gasteiger partial charge >= 0.3 is 6.03 Å². The molecule has 2 aromatic rings. The first-order valence-corrected chi connectivity index (χ1v) is 12.0. The third-order valence-electron chi connectivity index (χ3n) is 6.14. The molecule has 4 N–H and O–H groups in total. The van der Waals surface area contributed by atoms with Crippen LogP contribution in [0.3, 0.4) is 0 Å². The number of nitrogens with one attached hydrogen (secondary N) is 3. The molecule has 0 bridgehead atoms. The molecule has 1 aromatic heterocycles. The van der Waals surface area contributed by atoms with Gasteiger partial charge in [0, 0.05) is 17.3 Å². The highest BCUT2D eigenvalue weighted by molar-refractivity contribution is 7.91. The van der Waals surface area contributed by atoms with E-state index in [0.29, 0.717) is 11.5 Å². The Labute approximate surface area is 177 Å². The van der Waals surface area contributed by atoms with Crippen molar-refractivity contribution >= 4 is 21.6 Å². The largest absolute Gasteiger partial charge is 0.452 e. The predicted octanol–water partition coefficient (Wildman–Crippen LogP) is 4.48. The van der Waals surface area contributed by atoms with Crippen LogP contribution >= 0.6 is 0 Å². The van der Waals surface area contributed by atoms with E-state index >= 15 is 0 Å². The Kier molecular flexibility index (Phi) is 5.40. The molecule has 8 heteroatoms. The number of anilines is 1. The lowest BCUT2D eigenvalue weighted by Crippen LogP contribution is -2.34. The Morgan fingerprint density at radius 1 is 1.30 bits per heavy atom. The Bertz CT molecular complexity index is 1060. The molecule has 7 nitrogen and oxygen atoms in total. The molecule has 30 heavy (non-hydrogen) atoms. The van der Waals surface area contributed by atoms with Crippen molar-refractivity contribution in [1.29, 1.82) is 4.78 Å². The van der Waals surface area contributed by atoms with Crippen molar-refractivity contribution in [3.8, 4) is 0 Å². The zero-order valence-electron chi connectivity index (χ0n) is 17.4. The highest BCUT2D eigenvalue weighted by atomic mass is 32.2. The van der Waals surface area contributed by atoms with Gasteiger partial charge in [-0.3, -0.25) is 0 Å². The molecule has 1 atom stereocenters. The maximum atomic E-state index is 12.8. The minimum Gasteiger partial charge on any atom is -0.452 e.